The summed E-state index contributed by atoms with van der Waals surface area (Å²) in [4.78, 5) is 2.34. The summed E-state index contributed by atoms with van der Waals surface area (Å²) >= 11 is 0. The van der Waals surface area contributed by atoms with Gasteiger partial charge in [0, 0.05) is 32.9 Å². The Morgan fingerprint density at radius 1 is 0.969 bits per heavy atom. The van der Waals surface area contributed by atoms with E-state index in [1.165, 1.54) is 11.1 Å². The quantitative estimate of drug-likeness (QED) is 0.393. The van der Waals surface area contributed by atoms with Crippen LogP contribution in [0.15, 0.2) is 54.7 Å². The van der Waals surface area contributed by atoms with Crippen molar-refractivity contribution >= 4 is 0 Å². The molecule has 3 aromatic rings. The highest BCUT2D eigenvalue weighted by Gasteiger charge is 2.18. The number of hydrogen-bond donors (Lipinski definition) is 0. The van der Waals surface area contributed by atoms with Crippen LogP contribution in [-0.2, 0) is 18.2 Å². The van der Waals surface area contributed by atoms with Crippen LogP contribution in [0.25, 0.3) is 0 Å². The Morgan fingerprint density at radius 2 is 1.72 bits per heavy atom. The second-order valence-electron chi connectivity index (χ2n) is 8.14. The fourth-order valence-corrected chi connectivity index (χ4v) is 3.74. The number of aromatic nitrogens is 2. The lowest BCUT2D eigenvalue weighted by atomic mass is 10.0. The summed E-state index contributed by atoms with van der Waals surface area (Å²) in [5.41, 5.74) is 4.70. The number of likely N-dealkylation sites (N-methyl/N-ethyl adjacent to an activating group) is 1. The van der Waals surface area contributed by atoms with E-state index in [1.807, 2.05) is 30.1 Å². The Kier molecular flexibility index (Phi) is 8.71. The molecule has 1 atom stereocenters. The Labute approximate surface area is 191 Å². The van der Waals surface area contributed by atoms with Gasteiger partial charge < -0.3 is 19.1 Å². The van der Waals surface area contributed by atoms with Crippen molar-refractivity contribution in [1.29, 1.82) is 0 Å². The number of benzene rings is 2. The summed E-state index contributed by atoms with van der Waals surface area (Å²) in [5.74, 6) is 1.54. The molecule has 172 valence electrons. The average molecular weight is 438 g/mol. The van der Waals surface area contributed by atoms with Gasteiger partial charge in [-0.3, -0.25) is 4.68 Å². The first-order chi connectivity index (χ1) is 15.5. The molecular weight excluding hydrogens is 402 g/mol. The monoisotopic (exact) mass is 437 g/mol. The molecule has 1 unspecified atom stereocenters. The van der Waals surface area contributed by atoms with Gasteiger partial charge in [0.05, 0.1) is 19.9 Å². The Morgan fingerprint density at radius 3 is 2.38 bits per heavy atom. The molecule has 3 rings (SSSR count). The summed E-state index contributed by atoms with van der Waals surface area (Å²) in [6.45, 7) is 4.73. The van der Waals surface area contributed by atoms with Crippen molar-refractivity contribution in [3.63, 3.8) is 0 Å². The first-order valence-electron chi connectivity index (χ1n) is 11.1. The topological polar surface area (TPSA) is 48.8 Å². The molecule has 1 aromatic heterocycles. The number of aryl methyl sites for hydroxylation is 2. The fraction of sp³-hybridized carbons (Fsp3) is 0.423. The summed E-state index contributed by atoms with van der Waals surface area (Å²) in [6, 6.07) is 16.7. The van der Waals surface area contributed by atoms with Gasteiger partial charge in [-0.05, 0) is 56.1 Å². The minimum Gasteiger partial charge on any atom is -0.493 e. The standard InChI is InChI=1S/C26H35N3O3/c1-20-7-10-22(11-8-20)26(23-13-15-27-29(23)3)32-18-6-16-28(2)17-14-21-9-12-24(30-4)25(19-21)31-5/h7-13,15,19,26H,6,14,16-18H2,1-5H3. The summed E-state index contributed by atoms with van der Waals surface area (Å²) in [5, 5.41) is 4.32. The maximum atomic E-state index is 6.34. The van der Waals surface area contributed by atoms with Crippen molar-refractivity contribution in [2.24, 2.45) is 7.05 Å². The highest BCUT2D eigenvalue weighted by atomic mass is 16.5. The van der Waals surface area contributed by atoms with E-state index < -0.39 is 0 Å². The zero-order valence-electron chi connectivity index (χ0n) is 19.9. The molecule has 0 saturated heterocycles. The van der Waals surface area contributed by atoms with Crippen LogP contribution >= 0.6 is 0 Å². The molecular formula is C26H35N3O3. The molecule has 0 aliphatic carbocycles. The first kappa shape index (κ1) is 23.8. The first-order valence-corrected chi connectivity index (χ1v) is 11.1. The van der Waals surface area contributed by atoms with Crippen LogP contribution in [0.1, 0.15) is 34.9 Å². The van der Waals surface area contributed by atoms with E-state index in [0.29, 0.717) is 6.61 Å². The molecule has 1 heterocycles. The molecule has 0 radical (unpaired) electrons. The summed E-state index contributed by atoms with van der Waals surface area (Å²) in [7, 11) is 7.44. The molecule has 0 spiro atoms. The van der Waals surface area contributed by atoms with Gasteiger partial charge in [0.2, 0.25) is 0 Å². The van der Waals surface area contributed by atoms with E-state index in [4.69, 9.17) is 14.2 Å². The van der Waals surface area contributed by atoms with E-state index in [9.17, 15) is 0 Å². The molecule has 2 aromatic carbocycles. The van der Waals surface area contributed by atoms with Crippen LogP contribution in [0, 0.1) is 6.92 Å². The predicted octanol–water partition coefficient (Wildman–Crippen LogP) is 4.42. The van der Waals surface area contributed by atoms with E-state index >= 15 is 0 Å². The lowest BCUT2D eigenvalue weighted by Gasteiger charge is -2.21. The van der Waals surface area contributed by atoms with Crippen LogP contribution < -0.4 is 9.47 Å². The van der Waals surface area contributed by atoms with Gasteiger partial charge in [0.1, 0.15) is 6.10 Å². The van der Waals surface area contributed by atoms with Crippen molar-refractivity contribution in [1.82, 2.24) is 14.7 Å². The van der Waals surface area contributed by atoms with Gasteiger partial charge in [-0.1, -0.05) is 35.9 Å². The van der Waals surface area contributed by atoms with Crippen LogP contribution in [0.3, 0.4) is 0 Å². The highest BCUT2D eigenvalue weighted by Crippen LogP contribution is 2.28. The number of rotatable bonds is 12. The third-order valence-electron chi connectivity index (χ3n) is 5.71. The third-order valence-corrected chi connectivity index (χ3v) is 5.71. The van der Waals surface area contributed by atoms with Gasteiger partial charge >= 0.3 is 0 Å². The van der Waals surface area contributed by atoms with Gasteiger partial charge in [0.15, 0.2) is 11.5 Å². The van der Waals surface area contributed by atoms with Crippen molar-refractivity contribution in [2.45, 2.75) is 25.9 Å². The number of ether oxygens (including phenoxy) is 3. The van der Waals surface area contributed by atoms with Crippen LogP contribution in [-0.4, -0.2) is 55.6 Å². The van der Waals surface area contributed by atoms with Crippen molar-refractivity contribution in [3.05, 3.63) is 77.1 Å². The summed E-state index contributed by atoms with van der Waals surface area (Å²) in [6.07, 6.45) is 3.63. The average Bonchev–Trinajstić information content (AvgIpc) is 3.23. The van der Waals surface area contributed by atoms with Crippen molar-refractivity contribution in [3.8, 4) is 11.5 Å². The van der Waals surface area contributed by atoms with E-state index in [1.54, 1.807) is 14.2 Å². The lowest BCUT2D eigenvalue weighted by molar-refractivity contribution is 0.0682. The number of methoxy groups -OCH3 is 2. The highest BCUT2D eigenvalue weighted by molar-refractivity contribution is 5.43. The minimum absolute atomic E-state index is 0.111. The van der Waals surface area contributed by atoms with Gasteiger partial charge in [-0.2, -0.15) is 5.10 Å². The predicted molar refractivity (Wildman–Crippen MR) is 128 cm³/mol. The minimum atomic E-state index is -0.111. The summed E-state index contributed by atoms with van der Waals surface area (Å²) < 4.78 is 19.0. The normalized spacial score (nSPS) is 12.2. The second kappa shape index (κ2) is 11.7. The maximum Gasteiger partial charge on any atom is 0.160 e. The van der Waals surface area contributed by atoms with Gasteiger partial charge in [-0.25, -0.2) is 0 Å². The zero-order chi connectivity index (χ0) is 22.9. The Balaban J connectivity index is 1.49. The van der Waals surface area contributed by atoms with Gasteiger partial charge in [0.25, 0.3) is 0 Å². The number of hydrogen-bond acceptors (Lipinski definition) is 5. The van der Waals surface area contributed by atoms with E-state index in [2.05, 4.69) is 60.4 Å². The maximum absolute atomic E-state index is 6.34. The molecule has 0 aliphatic heterocycles. The molecule has 0 amide bonds. The smallest absolute Gasteiger partial charge is 0.160 e. The van der Waals surface area contributed by atoms with Crippen molar-refractivity contribution in [2.75, 3.05) is 41.0 Å². The Bertz CT molecular complexity index is 969. The largest absolute Gasteiger partial charge is 0.493 e. The molecule has 0 bridgehead atoms. The Hall–Kier alpha value is -2.83. The molecule has 0 N–H and O–H groups in total. The van der Waals surface area contributed by atoms with Gasteiger partial charge in [-0.15, -0.1) is 0 Å². The fourth-order valence-electron chi connectivity index (χ4n) is 3.74. The van der Waals surface area contributed by atoms with E-state index in [-0.39, 0.29) is 6.10 Å². The van der Waals surface area contributed by atoms with Crippen LogP contribution in [0.4, 0.5) is 0 Å². The second-order valence-corrected chi connectivity index (χ2v) is 8.14. The molecule has 6 heteroatoms. The lowest BCUT2D eigenvalue weighted by Crippen LogP contribution is -2.24. The zero-order valence-corrected chi connectivity index (χ0v) is 19.9. The van der Waals surface area contributed by atoms with Crippen molar-refractivity contribution < 1.29 is 14.2 Å². The molecule has 32 heavy (non-hydrogen) atoms. The number of nitrogens with zero attached hydrogens (tertiary/aromatic N) is 3. The van der Waals surface area contributed by atoms with Crippen LogP contribution in [0.2, 0.25) is 0 Å². The molecule has 0 saturated carbocycles. The third kappa shape index (κ3) is 6.34. The van der Waals surface area contributed by atoms with E-state index in [0.717, 1.165) is 48.7 Å². The molecule has 0 fully saturated rings. The SMILES string of the molecule is COc1ccc(CCN(C)CCCOC(c2ccc(C)cc2)c2ccnn2C)cc1OC. The van der Waals surface area contributed by atoms with Crippen LogP contribution in [0.5, 0.6) is 11.5 Å². The molecule has 0 aliphatic rings. The molecule has 6 nitrogen and oxygen atoms in total.